The molecule has 1 aromatic carbocycles. The van der Waals surface area contributed by atoms with Crippen molar-refractivity contribution in [2.24, 2.45) is 10.1 Å². The highest BCUT2D eigenvalue weighted by atomic mass is 16.6. The number of hydrazone groups is 1. The fraction of sp³-hybridized carbons (Fsp3) is 0.333. The Morgan fingerprint density at radius 2 is 2.25 bits per heavy atom. The van der Waals surface area contributed by atoms with E-state index in [2.05, 4.69) is 15.4 Å². The van der Waals surface area contributed by atoms with E-state index >= 15 is 0 Å². The first kappa shape index (κ1) is 13.9. The lowest BCUT2D eigenvalue weighted by Crippen LogP contribution is -2.36. The molecule has 0 saturated heterocycles. The zero-order valence-corrected chi connectivity index (χ0v) is 10.8. The van der Waals surface area contributed by atoms with E-state index < -0.39 is 4.92 Å². The second-order valence-electron chi connectivity index (χ2n) is 4.07. The quantitative estimate of drug-likeness (QED) is 0.454. The van der Waals surface area contributed by atoms with Gasteiger partial charge in [-0.25, -0.2) is 10.0 Å². The number of hydrogen-bond donors (Lipinski definition) is 2. The molecule has 0 aromatic heterocycles. The summed E-state index contributed by atoms with van der Waals surface area (Å²) in [5.74, 6) is 0.622. The molecule has 8 heteroatoms. The van der Waals surface area contributed by atoms with Crippen molar-refractivity contribution in [2.45, 2.75) is 0 Å². The molecule has 0 unspecified atom stereocenters. The van der Waals surface area contributed by atoms with Crippen molar-refractivity contribution in [3.63, 3.8) is 0 Å². The van der Waals surface area contributed by atoms with Gasteiger partial charge in [-0.1, -0.05) is 0 Å². The number of aliphatic imine (C=N–C) groups is 1. The summed E-state index contributed by atoms with van der Waals surface area (Å²) >= 11 is 0. The Morgan fingerprint density at radius 1 is 1.50 bits per heavy atom. The Labute approximate surface area is 115 Å². The molecule has 0 radical (unpaired) electrons. The molecule has 20 heavy (non-hydrogen) atoms. The normalized spacial score (nSPS) is 14.2. The van der Waals surface area contributed by atoms with Crippen molar-refractivity contribution < 1.29 is 10.0 Å². The molecular formula is C12H15N5O3. The minimum absolute atomic E-state index is 0.0381. The number of non-ortho nitro benzene ring substituents is 1. The largest absolute Gasteiger partial charge is 0.394 e. The van der Waals surface area contributed by atoms with Gasteiger partial charge < -0.3 is 10.4 Å². The number of nitrogens with one attached hydrogen (secondary N) is 1. The van der Waals surface area contributed by atoms with Crippen LogP contribution in [0.2, 0.25) is 0 Å². The highest BCUT2D eigenvalue weighted by Crippen LogP contribution is 2.10. The molecule has 0 atom stereocenters. The van der Waals surface area contributed by atoms with Crippen LogP contribution in [0, 0.1) is 10.1 Å². The summed E-state index contributed by atoms with van der Waals surface area (Å²) in [7, 11) is 0. The standard InChI is InChI=1S/C12H15N5O3/c18-8-7-16(12-13-5-6-14-12)15-9-10-1-3-11(4-2-10)17(19)20/h1-4,9,18H,5-8H2,(H,13,14)/b15-9+. The van der Waals surface area contributed by atoms with Crippen LogP contribution in [-0.4, -0.2) is 53.5 Å². The van der Waals surface area contributed by atoms with Gasteiger partial charge >= 0.3 is 0 Å². The Morgan fingerprint density at radius 3 is 2.80 bits per heavy atom. The van der Waals surface area contributed by atoms with Crippen LogP contribution in [0.3, 0.4) is 0 Å². The molecule has 0 bridgehead atoms. The van der Waals surface area contributed by atoms with E-state index in [0.29, 0.717) is 19.0 Å². The lowest BCUT2D eigenvalue weighted by atomic mass is 10.2. The second-order valence-corrected chi connectivity index (χ2v) is 4.07. The van der Waals surface area contributed by atoms with Gasteiger partial charge in [-0.05, 0) is 17.7 Å². The van der Waals surface area contributed by atoms with Gasteiger partial charge in [0.15, 0.2) is 0 Å². The van der Waals surface area contributed by atoms with E-state index in [1.54, 1.807) is 23.4 Å². The van der Waals surface area contributed by atoms with Crippen LogP contribution in [0.5, 0.6) is 0 Å². The van der Waals surface area contributed by atoms with Gasteiger partial charge in [0.1, 0.15) is 0 Å². The molecule has 2 rings (SSSR count). The highest BCUT2D eigenvalue weighted by Gasteiger charge is 2.12. The second kappa shape index (κ2) is 6.62. The monoisotopic (exact) mass is 277 g/mol. The molecule has 0 aliphatic carbocycles. The van der Waals surface area contributed by atoms with Crippen LogP contribution in [0.4, 0.5) is 5.69 Å². The number of guanidine groups is 1. The van der Waals surface area contributed by atoms with Crippen molar-refractivity contribution in [1.29, 1.82) is 0 Å². The van der Waals surface area contributed by atoms with Crippen LogP contribution < -0.4 is 5.32 Å². The van der Waals surface area contributed by atoms with E-state index in [4.69, 9.17) is 5.11 Å². The van der Waals surface area contributed by atoms with Gasteiger partial charge in [0, 0.05) is 18.7 Å². The lowest BCUT2D eigenvalue weighted by molar-refractivity contribution is -0.384. The van der Waals surface area contributed by atoms with E-state index in [-0.39, 0.29) is 12.3 Å². The first-order chi connectivity index (χ1) is 9.70. The van der Waals surface area contributed by atoms with Gasteiger partial charge in [0.25, 0.3) is 5.69 Å². The molecule has 1 aromatic rings. The summed E-state index contributed by atoms with van der Waals surface area (Å²) in [4.78, 5) is 14.3. The fourth-order valence-corrected chi connectivity index (χ4v) is 1.69. The van der Waals surface area contributed by atoms with Crippen molar-refractivity contribution >= 4 is 17.9 Å². The number of aliphatic hydroxyl groups is 1. The molecule has 0 fully saturated rings. The molecule has 8 nitrogen and oxygen atoms in total. The lowest BCUT2D eigenvalue weighted by Gasteiger charge is -2.17. The predicted octanol–water partition coefficient (Wildman–Crippen LogP) is 0.182. The summed E-state index contributed by atoms with van der Waals surface area (Å²) < 4.78 is 0. The summed E-state index contributed by atoms with van der Waals surface area (Å²) in [6.45, 7) is 1.72. The minimum Gasteiger partial charge on any atom is -0.394 e. The number of nitro benzene ring substituents is 1. The zero-order chi connectivity index (χ0) is 14.4. The van der Waals surface area contributed by atoms with Gasteiger partial charge in [-0.3, -0.25) is 10.1 Å². The van der Waals surface area contributed by atoms with Crippen LogP contribution in [0.1, 0.15) is 5.56 Å². The molecule has 1 aliphatic rings. The number of rotatable bonds is 5. The molecular weight excluding hydrogens is 262 g/mol. The Hall–Kier alpha value is -2.48. The Balaban J connectivity index is 2.07. The minimum atomic E-state index is -0.448. The molecule has 1 aliphatic heterocycles. The van der Waals surface area contributed by atoms with Gasteiger partial charge in [-0.15, -0.1) is 0 Å². The van der Waals surface area contributed by atoms with E-state index in [1.165, 1.54) is 12.1 Å². The third kappa shape index (κ3) is 3.51. The van der Waals surface area contributed by atoms with Gasteiger partial charge in [0.05, 0.1) is 30.8 Å². The Kier molecular flexibility index (Phi) is 4.61. The van der Waals surface area contributed by atoms with Crippen LogP contribution in [0.25, 0.3) is 0 Å². The van der Waals surface area contributed by atoms with Gasteiger partial charge in [0.2, 0.25) is 5.96 Å². The molecule has 0 amide bonds. The van der Waals surface area contributed by atoms with Crippen LogP contribution >= 0.6 is 0 Å². The van der Waals surface area contributed by atoms with Crippen molar-refractivity contribution in [3.05, 3.63) is 39.9 Å². The van der Waals surface area contributed by atoms with Crippen molar-refractivity contribution in [1.82, 2.24) is 10.3 Å². The molecule has 106 valence electrons. The fourth-order valence-electron chi connectivity index (χ4n) is 1.69. The maximum atomic E-state index is 10.5. The smallest absolute Gasteiger partial charge is 0.269 e. The predicted molar refractivity (Wildman–Crippen MR) is 74.8 cm³/mol. The topological polar surface area (TPSA) is 103 Å². The van der Waals surface area contributed by atoms with E-state index in [0.717, 1.165) is 12.1 Å². The average molecular weight is 277 g/mol. The number of aliphatic hydroxyl groups excluding tert-OH is 1. The summed E-state index contributed by atoms with van der Waals surface area (Å²) in [5.41, 5.74) is 0.772. The first-order valence-electron chi connectivity index (χ1n) is 6.16. The summed E-state index contributed by atoms with van der Waals surface area (Å²) in [5, 5.41) is 28.4. The summed E-state index contributed by atoms with van der Waals surface area (Å²) in [6, 6.07) is 6.07. The van der Waals surface area contributed by atoms with Crippen LogP contribution in [0.15, 0.2) is 34.4 Å². The number of hydrogen-bond acceptors (Lipinski definition) is 7. The molecule has 1 heterocycles. The third-order valence-corrected chi connectivity index (χ3v) is 2.66. The average Bonchev–Trinajstić information content (AvgIpc) is 2.98. The van der Waals surface area contributed by atoms with E-state index in [9.17, 15) is 10.1 Å². The number of nitrogens with zero attached hydrogens (tertiary/aromatic N) is 4. The highest BCUT2D eigenvalue weighted by molar-refractivity contribution is 5.84. The number of nitro groups is 1. The molecule has 0 saturated carbocycles. The summed E-state index contributed by atoms with van der Waals surface area (Å²) in [6.07, 6.45) is 1.57. The molecule has 0 spiro atoms. The van der Waals surface area contributed by atoms with Crippen molar-refractivity contribution in [2.75, 3.05) is 26.2 Å². The Bertz CT molecular complexity index is 526. The number of benzene rings is 1. The van der Waals surface area contributed by atoms with Crippen LogP contribution in [-0.2, 0) is 0 Å². The first-order valence-corrected chi connectivity index (χ1v) is 6.16. The SMILES string of the molecule is O=[N+]([O-])c1ccc(/C=N/N(CCO)C2=NCCN2)cc1. The molecule has 2 N–H and O–H groups in total. The van der Waals surface area contributed by atoms with E-state index in [1.807, 2.05) is 0 Å². The van der Waals surface area contributed by atoms with Gasteiger partial charge in [-0.2, -0.15) is 5.10 Å². The third-order valence-electron chi connectivity index (χ3n) is 2.66. The van der Waals surface area contributed by atoms with Crippen molar-refractivity contribution in [3.8, 4) is 0 Å². The maximum Gasteiger partial charge on any atom is 0.269 e. The zero-order valence-electron chi connectivity index (χ0n) is 10.8. The maximum absolute atomic E-state index is 10.5.